The first kappa shape index (κ1) is 20.9. The molecule has 0 amide bonds. The van der Waals surface area contributed by atoms with Gasteiger partial charge in [0, 0.05) is 32.7 Å². The Labute approximate surface area is 176 Å². The average Bonchev–Trinajstić information content (AvgIpc) is 2.72. The molecule has 0 saturated carbocycles. The Morgan fingerprint density at radius 3 is 1.93 bits per heavy atom. The number of rotatable bonds is 7. The van der Waals surface area contributed by atoms with E-state index in [2.05, 4.69) is 9.80 Å². The zero-order chi connectivity index (χ0) is 20.1. The molecule has 28 heavy (non-hydrogen) atoms. The number of methoxy groups -OCH3 is 3. The molecule has 0 N–H and O–H groups in total. The third kappa shape index (κ3) is 4.59. The smallest absolute Gasteiger partial charge is 0.203 e. The minimum atomic E-state index is 0.624. The molecule has 0 aromatic heterocycles. The van der Waals surface area contributed by atoms with Crippen LogP contribution in [0.15, 0.2) is 30.3 Å². The third-order valence-corrected chi connectivity index (χ3v) is 5.68. The molecule has 0 spiro atoms. The number of anilines is 1. The molecule has 0 bridgehead atoms. The minimum absolute atomic E-state index is 0.624. The summed E-state index contributed by atoms with van der Waals surface area (Å²) in [6, 6.07) is 9.68. The van der Waals surface area contributed by atoms with Gasteiger partial charge >= 0.3 is 0 Å². The Kier molecular flexibility index (Phi) is 7.16. The van der Waals surface area contributed by atoms with Crippen LogP contribution in [0, 0.1) is 0 Å². The van der Waals surface area contributed by atoms with Crippen LogP contribution in [0.3, 0.4) is 0 Å². The van der Waals surface area contributed by atoms with E-state index in [-0.39, 0.29) is 0 Å². The van der Waals surface area contributed by atoms with Crippen molar-refractivity contribution in [3.8, 4) is 17.2 Å². The topological polar surface area (TPSA) is 34.2 Å². The summed E-state index contributed by atoms with van der Waals surface area (Å²) in [6.07, 6.45) is 0.906. The normalized spacial score (nSPS) is 14.8. The first-order valence-corrected chi connectivity index (χ1v) is 10.0. The van der Waals surface area contributed by atoms with Gasteiger partial charge in [0.05, 0.1) is 37.1 Å². The van der Waals surface area contributed by atoms with Crippen molar-refractivity contribution in [2.45, 2.75) is 6.42 Å². The standard InChI is InChI=1S/C21H26Cl2N2O3/c1-26-18-13-15(14-19(27-2)21(18)28-3)7-8-24-9-11-25(12-10-24)20-16(22)5-4-6-17(20)23/h4-6,13-14H,7-12H2,1-3H3. The number of para-hydroxylation sites is 1. The van der Waals surface area contributed by atoms with Gasteiger partial charge in [0.2, 0.25) is 5.75 Å². The van der Waals surface area contributed by atoms with E-state index in [4.69, 9.17) is 37.4 Å². The van der Waals surface area contributed by atoms with Crippen molar-refractivity contribution in [2.24, 2.45) is 0 Å². The van der Waals surface area contributed by atoms with Crippen molar-refractivity contribution in [1.29, 1.82) is 0 Å². The van der Waals surface area contributed by atoms with Crippen LogP contribution in [-0.4, -0.2) is 59.0 Å². The number of hydrogen-bond donors (Lipinski definition) is 0. The van der Waals surface area contributed by atoms with E-state index >= 15 is 0 Å². The lowest BCUT2D eigenvalue weighted by molar-refractivity contribution is 0.260. The first-order valence-electron chi connectivity index (χ1n) is 9.27. The van der Waals surface area contributed by atoms with E-state index < -0.39 is 0 Å². The largest absolute Gasteiger partial charge is 0.493 e. The second-order valence-electron chi connectivity index (χ2n) is 6.68. The van der Waals surface area contributed by atoms with E-state index in [1.165, 1.54) is 0 Å². The maximum Gasteiger partial charge on any atom is 0.203 e. The van der Waals surface area contributed by atoms with E-state index in [1.54, 1.807) is 21.3 Å². The molecule has 2 aromatic rings. The fourth-order valence-corrected chi connectivity index (χ4v) is 4.19. The monoisotopic (exact) mass is 424 g/mol. The van der Waals surface area contributed by atoms with Crippen LogP contribution in [0.5, 0.6) is 17.2 Å². The van der Waals surface area contributed by atoms with Crippen molar-refractivity contribution >= 4 is 28.9 Å². The van der Waals surface area contributed by atoms with Gasteiger partial charge in [0.25, 0.3) is 0 Å². The second kappa shape index (κ2) is 9.59. The highest BCUT2D eigenvalue weighted by Crippen LogP contribution is 2.38. The minimum Gasteiger partial charge on any atom is -0.493 e. The SMILES string of the molecule is COc1cc(CCN2CCN(c3c(Cl)cccc3Cl)CC2)cc(OC)c1OC. The zero-order valence-corrected chi connectivity index (χ0v) is 18.0. The molecule has 7 heteroatoms. The van der Waals surface area contributed by atoms with Gasteiger partial charge in [-0.25, -0.2) is 0 Å². The molecule has 5 nitrogen and oxygen atoms in total. The summed E-state index contributed by atoms with van der Waals surface area (Å²) in [4.78, 5) is 4.71. The Morgan fingerprint density at radius 2 is 1.43 bits per heavy atom. The highest BCUT2D eigenvalue weighted by Gasteiger charge is 2.21. The summed E-state index contributed by atoms with van der Waals surface area (Å²) in [5.74, 6) is 2.00. The van der Waals surface area contributed by atoms with Gasteiger partial charge in [-0.1, -0.05) is 29.3 Å². The van der Waals surface area contributed by atoms with Gasteiger partial charge in [0.1, 0.15) is 0 Å². The number of piperazine rings is 1. The lowest BCUT2D eigenvalue weighted by Crippen LogP contribution is -2.47. The quantitative estimate of drug-likeness (QED) is 0.658. The maximum atomic E-state index is 6.35. The molecule has 0 radical (unpaired) electrons. The molecule has 3 rings (SSSR count). The number of halogens is 2. The van der Waals surface area contributed by atoms with Crippen LogP contribution in [0.4, 0.5) is 5.69 Å². The number of ether oxygens (including phenoxy) is 3. The predicted octanol–water partition coefficient (Wildman–Crippen LogP) is 4.38. The van der Waals surface area contributed by atoms with Crippen LogP contribution >= 0.6 is 23.2 Å². The summed E-state index contributed by atoms with van der Waals surface area (Å²) in [6.45, 7) is 4.69. The van der Waals surface area contributed by atoms with Crippen LogP contribution in [0.1, 0.15) is 5.56 Å². The molecular formula is C21H26Cl2N2O3. The molecule has 1 aliphatic rings. The molecule has 152 valence electrons. The predicted molar refractivity (Wildman–Crippen MR) is 115 cm³/mol. The number of nitrogens with zero attached hydrogens (tertiary/aromatic N) is 2. The molecule has 0 atom stereocenters. The molecule has 1 saturated heterocycles. The summed E-state index contributed by atoms with van der Waals surface area (Å²) >= 11 is 12.7. The molecular weight excluding hydrogens is 399 g/mol. The fraction of sp³-hybridized carbons (Fsp3) is 0.429. The summed E-state index contributed by atoms with van der Waals surface area (Å²) in [5.41, 5.74) is 2.10. The summed E-state index contributed by atoms with van der Waals surface area (Å²) in [5, 5.41) is 1.41. The van der Waals surface area contributed by atoms with Gasteiger partial charge in [-0.15, -0.1) is 0 Å². The lowest BCUT2D eigenvalue weighted by Gasteiger charge is -2.37. The van der Waals surface area contributed by atoms with Crippen molar-refractivity contribution < 1.29 is 14.2 Å². The van der Waals surface area contributed by atoms with E-state index in [0.29, 0.717) is 27.3 Å². The van der Waals surface area contributed by atoms with E-state index in [9.17, 15) is 0 Å². The highest BCUT2D eigenvalue weighted by molar-refractivity contribution is 6.39. The van der Waals surface area contributed by atoms with Crippen LogP contribution < -0.4 is 19.1 Å². The fourth-order valence-electron chi connectivity index (χ4n) is 3.55. The number of hydrogen-bond acceptors (Lipinski definition) is 5. The van der Waals surface area contributed by atoms with Crippen LogP contribution in [0.2, 0.25) is 10.0 Å². The Hall–Kier alpha value is -1.82. The molecule has 1 fully saturated rings. The van der Waals surface area contributed by atoms with Gasteiger partial charge in [-0.05, 0) is 36.2 Å². The summed E-state index contributed by atoms with van der Waals surface area (Å²) < 4.78 is 16.3. The highest BCUT2D eigenvalue weighted by atomic mass is 35.5. The Balaban J connectivity index is 1.60. The van der Waals surface area contributed by atoms with Gasteiger partial charge in [-0.2, -0.15) is 0 Å². The second-order valence-corrected chi connectivity index (χ2v) is 7.50. The van der Waals surface area contributed by atoms with Crippen LogP contribution in [-0.2, 0) is 6.42 Å². The number of benzene rings is 2. The molecule has 1 heterocycles. The Bertz CT molecular complexity index is 763. The first-order chi connectivity index (χ1) is 13.6. The van der Waals surface area contributed by atoms with Crippen molar-refractivity contribution in [1.82, 2.24) is 4.90 Å². The average molecular weight is 425 g/mol. The van der Waals surface area contributed by atoms with Crippen molar-refractivity contribution in [3.05, 3.63) is 45.9 Å². The zero-order valence-electron chi connectivity index (χ0n) is 16.5. The van der Waals surface area contributed by atoms with Crippen LogP contribution in [0.25, 0.3) is 0 Å². The molecule has 0 aliphatic carbocycles. The van der Waals surface area contributed by atoms with Gasteiger partial charge < -0.3 is 19.1 Å². The molecule has 0 unspecified atom stereocenters. The molecule has 2 aromatic carbocycles. The maximum absolute atomic E-state index is 6.35. The van der Waals surface area contributed by atoms with Crippen molar-refractivity contribution in [2.75, 3.05) is 59.0 Å². The van der Waals surface area contributed by atoms with E-state index in [1.807, 2.05) is 30.3 Å². The van der Waals surface area contributed by atoms with Crippen molar-refractivity contribution in [3.63, 3.8) is 0 Å². The lowest BCUT2D eigenvalue weighted by atomic mass is 10.1. The van der Waals surface area contributed by atoms with Gasteiger partial charge in [0.15, 0.2) is 11.5 Å². The Morgan fingerprint density at radius 1 is 0.857 bits per heavy atom. The third-order valence-electron chi connectivity index (χ3n) is 5.07. The summed E-state index contributed by atoms with van der Waals surface area (Å²) in [7, 11) is 4.89. The van der Waals surface area contributed by atoms with Gasteiger partial charge in [-0.3, -0.25) is 4.90 Å². The van der Waals surface area contributed by atoms with E-state index in [0.717, 1.165) is 50.4 Å². The molecule has 1 aliphatic heterocycles.